The molecule has 1 aromatic heterocycles. The minimum Gasteiger partial charge on any atom is -0.382 e. The molecule has 33 heavy (non-hydrogen) atoms. The number of hydrogen-bond donors (Lipinski definition) is 1. The van der Waals surface area contributed by atoms with Crippen LogP contribution in [0.3, 0.4) is 0 Å². The van der Waals surface area contributed by atoms with Crippen molar-refractivity contribution in [2.75, 3.05) is 49.9 Å². The van der Waals surface area contributed by atoms with E-state index in [1.807, 2.05) is 25.1 Å². The van der Waals surface area contributed by atoms with E-state index in [1.54, 1.807) is 19.4 Å². The van der Waals surface area contributed by atoms with E-state index in [0.29, 0.717) is 47.9 Å². The Bertz CT molecular complexity index is 1070. The molecule has 1 aromatic carbocycles. The third-order valence-electron chi connectivity index (χ3n) is 6.05. The summed E-state index contributed by atoms with van der Waals surface area (Å²) in [6.45, 7) is 3.73. The number of nitrogens with one attached hydrogen (secondary N) is 1. The predicted molar refractivity (Wildman–Crippen MR) is 126 cm³/mol. The molecular weight excluding hydrogens is 442 g/mol. The lowest BCUT2D eigenvalue weighted by molar-refractivity contribution is -0.129. The minimum absolute atomic E-state index is 0.0121. The predicted octanol–water partition coefficient (Wildman–Crippen LogP) is 1.63. The second-order valence-corrected chi connectivity index (χ2v) is 9.04. The molecule has 3 atom stereocenters. The van der Waals surface area contributed by atoms with E-state index < -0.39 is 6.04 Å². The number of nitrogens with zero attached hydrogens (tertiary/aromatic N) is 4. The van der Waals surface area contributed by atoms with Crippen LogP contribution in [0, 0.1) is 11.3 Å². The zero-order valence-electron chi connectivity index (χ0n) is 18.7. The molecule has 0 radical (unpaired) electrons. The number of carbonyl (C=O) groups is 2. The average Bonchev–Trinajstić information content (AvgIpc) is 3.32. The van der Waals surface area contributed by atoms with Crippen LogP contribution in [0.15, 0.2) is 30.5 Å². The lowest BCUT2D eigenvalue weighted by Crippen LogP contribution is -2.52. The maximum absolute atomic E-state index is 13.0. The van der Waals surface area contributed by atoms with Gasteiger partial charge >= 0.3 is 0 Å². The van der Waals surface area contributed by atoms with Gasteiger partial charge in [0.1, 0.15) is 6.04 Å². The number of nitriles is 1. The molecule has 2 saturated heterocycles. The molecule has 10 heteroatoms. The van der Waals surface area contributed by atoms with E-state index in [4.69, 9.17) is 9.47 Å². The zero-order chi connectivity index (χ0) is 23.4. The van der Waals surface area contributed by atoms with Crippen LogP contribution in [0.5, 0.6) is 0 Å². The van der Waals surface area contributed by atoms with Crippen LogP contribution in [-0.2, 0) is 14.3 Å². The van der Waals surface area contributed by atoms with Gasteiger partial charge in [-0.3, -0.25) is 14.6 Å². The standard InChI is InChI=1S/C23H27N5O4S/c1-15-21(12-31-2)27(7-8-32-15)16-3-4-20-19(9-16)18(5-6-25-20)23(30)26-11-22(29)28-14-33-13-17(28)10-24/h3-6,9,15,17,21H,7-8,11-14H2,1-2H3,(H,26,30)/t15-,17+,21-/m0/s1. The molecule has 2 amide bonds. The van der Waals surface area contributed by atoms with E-state index in [1.165, 1.54) is 16.7 Å². The Balaban J connectivity index is 1.55. The highest BCUT2D eigenvalue weighted by atomic mass is 32.2. The topological polar surface area (TPSA) is 108 Å². The molecule has 2 aromatic rings. The Labute approximate surface area is 197 Å². The van der Waals surface area contributed by atoms with E-state index in [-0.39, 0.29) is 30.5 Å². The molecule has 2 aliphatic rings. The van der Waals surface area contributed by atoms with Crippen molar-refractivity contribution in [2.45, 2.75) is 25.1 Å². The van der Waals surface area contributed by atoms with Gasteiger partial charge in [-0.05, 0) is 31.2 Å². The molecule has 2 fully saturated rings. The van der Waals surface area contributed by atoms with Gasteiger partial charge in [-0.25, -0.2) is 0 Å². The van der Waals surface area contributed by atoms with Crippen LogP contribution in [0.1, 0.15) is 17.3 Å². The molecule has 174 valence electrons. The summed E-state index contributed by atoms with van der Waals surface area (Å²) in [5.41, 5.74) is 2.11. The summed E-state index contributed by atoms with van der Waals surface area (Å²) in [6.07, 6.45) is 1.60. The maximum atomic E-state index is 13.0. The van der Waals surface area contributed by atoms with Crippen molar-refractivity contribution in [1.29, 1.82) is 5.26 Å². The highest BCUT2D eigenvalue weighted by molar-refractivity contribution is 7.99. The third kappa shape index (κ3) is 4.90. The summed E-state index contributed by atoms with van der Waals surface area (Å²) in [6, 6.07) is 9.25. The number of pyridine rings is 1. The van der Waals surface area contributed by atoms with Gasteiger partial charge < -0.3 is 24.6 Å². The van der Waals surface area contributed by atoms with Crippen molar-refractivity contribution in [3.63, 3.8) is 0 Å². The molecule has 0 bridgehead atoms. The van der Waals surface area contributed by atoms with Gasteiger partial charge in [0.05, 0.1) is 54.9 Å². The summed E-state index contributed by atoms with van der Waals surface area (Å²) in [5, 5.41) is 12.6. The van der Waals surface area contributed by atoms with Gasteiger partial charge in [-0.15, -0.1) is 11.8 Å². The first-order chi connectivity index (χ1) is 16.0. The smallest absolute Gasteiger partial charge is 0.252 e. The van der Waals surface area contributed by atoms with Crippen LogP contribution < -0.4 is 10.2 Å². The van der Waals surface area contributed by atoms with Crippen molar-refractivity contribution in [1.82, 2.24) is 15.2 Å². The van der Waals surface area contributed by atoms with E-state index >= 15 is 0 Å². The SMILES string of the molecule is COC[C@H]1[C@H](C)OCCN1c1ccc2nccc(C(=O)NCC(=O)N3CSC[C@H]3C#N)c2c1. The molecule has 3 heterocycles. The Kier molecular flexibility index (Phi) is 7.33. The van der Waals surface area contributed by atoms with Crippen LogP contribution in [0.2, 0.25) is 0 Å². The fourth-order valence-electron chi connectivity index (χ4n) is 4.24. The Hall–Kier alpha value is -2.87. The number of morpholine rings is 1. The molecule has 4 rings (SSSR count). The molecule has 0 saturated carbocycles. The number of amides is 2. The van der Waals surface area contributed by atoms with Gasteiger partial charge in [0.2, 0.25) is 5.91 Å². The summed E-state index contributed by atoms with van der Waals surface area (Å²) in [4.78, 5) is 33.6. The van der Waals surface area contributed by atoms with Crippen molar-refractivity contribution in [3.05, 3.63) is 36.0 Å². The second kappa shape index (κ2) is 10.4. The van der Waals surface area contributed by atoms with Gasteiger partial charge in [0.25, 0.3) is 5.91 Å². The third-order valence-corrected chi connectivity index (χ3v) is 7.06. The highest BCUT2D eigenvalue weighted by Gasteiger charge is 2.31. The number of ether oxygens (including phenoxy) is 2. The van der Waals surface area contributed by atoms with Crippen LogP contribution in [0.25, 0.3) is 10.9 Å². The normalized spacial score (nSPS) is 22.9. The number of aromatic nitrogens is 1. The Morgan fingerprint density at radius 2 is 2.24 bits per heavy atom. The molecule has 2 aliphatic heterocycles. The van der Waals surface area contributed by atoms with Crippen LogP contribution in [-0.4, -0.2) is 84.9 Å². The number of carbonyl (C=O) groups excluding carboxylic acids is 2. The van der Waals surface area contributed by atoms with Crippen molar-refractivity contribution in [3.8, 4) is 6.07 Å². The van der Waals surface area contributed by atoms with E-state index in [9.17, 15) is 14.9 Å². The van der Waals surface area contributed by atoms with E-state index in [0.717, 1.165) is 5.69 Å². The number of fused-ring (bicyclic) bond motifs is 1. The fraction of sp³-hybridized carbons (Fsp3) is 0.478. The van der Waals surface area contributed by atoms with Crippen LogP contribution >= 0.6 is 11.8 Å². The van der Waals surface area contributed by atoms with Gasteiger partial charge in [0, 0.05) is 36.7 Å². The zero-order valence-corrected chi connectivity index (χ0v) is 19.5. The summed E-state index contributed by atoms with van der Waals surface area (Å²) >= 11 is 1.53. The largest absolute Gasteiger partial charge is 0.382 e. The lowest BCUT2D eigenvalue weighted by Gasteiger charge is -2.41. The highest BCUT2D eigenvalue weighted by Crippen LogP contribution is 2.28. The molecule has 9 nitrogen and oxygen atoms in total. The average molecular weight is 470 g/mol. The van der Waals surface area contributed by atoms with Crippen molar-refractivity contribution in [2.24, 2.45) is 0 Å². The molecule has 0 unspecified atom stereocenters. The number of rotatable bonds is 6. The lowest BCUT2D eigenvalue weighted by atomic mass is 10.0. The number of hydrogen-bond acceptors (Lipinski definition) is 8. The summed E-state index contributed by atoms with van der Waals surface area (Å²) in [5.74, 6) is 0.452. The maximum Gasteiger partial charge on any atom is 0.252 e. The Morgan fingerprint density at radius 3 is 3.03 bits per heavy atom. The quantitative estimate of drug-likeness (QED) is 0.680. The monoisotopic (exact) mass is 469 g/mol. The molecule has 0 aliphatic carbocycles. The molecular formula is C23H27N5O4S. The van der Waals surface area contributed by atoms with E-state index in [2.05, 4.69) is 21.3 Å². The number of anilines is 1. The van der Waals surface area contributed by atoms with Gasteiger partial charge in [0.15, 0.2) is 0 Å². The van der Waals surface area contributed by atoms with Crippen molar-refractivity contribution < 1.29 is 19.1 Å². The minimum atomic E-state index is -0.445. The number of thioether (sulfide) groups is 1. The number of benzene rings is 1. The summed E-state index contributed by atoms with van der Waals surface area (Å²) in [7, 11) is 1.67. The number of methoxy groups -OCH3 is 1. The first-order valence-corrected chi connectivity index (χ1v) is 12.0. The Morgan fingerprint density at radius 1 is 1.39 bits per heavy atom. The van der Waals surface area contributed by atoms with Gasteiger partial charge in [-0.2, -0.15) is 5.26 Å². The summed E-state index contributed by atoms with van der Waals surface area (Å²) < 4.78 is 11.2. The second-order valence-electron chi connectivity index (χ2n) is 8.04. The fourth-order valence-corrected chi connectivity index (χ4v) is 5.35. The van der Waals surface area contributed by atoms with Crippen molar-refractivity contribution >= 4 is 40.2 Å². The first-order valence-electron chi connectivity index (χ1n) is 10.8. The molecule has 0 spiro atoms. The first kappa shape index (κ1) is 23.3. The molecule has 1 N–H and O–H groups in total. The van der Waals surface area contributed by atoms with Gasteiger partial charge in [-0.1, -0.05) is 0 Å². The van der Waals surface area contributed by atoms with Crippen LogP contribution in [0.4, 0.5) is 5.69 Å².